The zero-order valence-corrected chi connectivity index (χ0v) is 52.8. The van der Waals surface area contributed by atoms with Crippen LogP contribution in [-0.4, -0.2) is 194 Å². The molecule has 0 saturated carbocycles. The van der Waals surface area contributed by atoms with E-state index in [0.717, 1.165) is 5.75 Å². The number of esters is 13. The van der Waals surface area contributed by atoms with Gasteiger partial charge in [-0.15, -0.1) is 11.8 Å². The Labute approximate surface area is 494 Å². The second kappa shape index (κ2) is 79.5. The van der Waals surface area contributed by atoms with Crippen LogP contribution < -0.4 is 0 Å². The molecular formula is C50H90O31S2. The van der Waals surface area contributed by atoms with Crippen molar-refractivity contribution in [3.8, 4) is 0 Å². The first kappa shape index (κ1) is 95.5. The topological polar surface area (TPSA) is 396 Å². The Morgan fingerprint density at radius 1 is 0.277 bits per heavy atom. The minimum Gasteiger partial charge on any atom is -0.466 e. The van der Waals surface area contributed by atoms with Gasteiger partial charge in [-0.3, -0.25) is 57.5 Å². The number of methoxy groups -OCH3 is 1. The van der Waals surface area contributed by atoms with Crippen molar-refractivity contribution >= 4 is 107 Å². The van der Waals surface area contributed by atoms with Gasteiger partial charge in [-0.25, -0.2) is 9.59 Å². The summed E-state index contributed by atoms with van der Waals surface area (Å²) >= 11 is 3.03. The van der Waals surface area contributed by atoms with Crippen molar-refractivity contribution in [2.45, 2.75) is 131 Å². The molecule has 488 valence electrons. The molecule has 0 bridgehead atoms. The molecule has 0 aromatic carbocycles. The van der Waals surface area contributed by atoms with Crippen molar-refractivity contribution in [2.75, 3.05) is 111 Å². The molecule has 0 radical (unpaired) electrons. The first-order valence-electron chi connectivity index (χ1n) is 24.6. The van der Waals surface area contributed by atoms with Gasteiger partial charge >= 0.3 is 77.6 Å². The Hall–Kier alpha value is -6.68. The summed E-state index contributed by atoms with van der Waals surface area (Å²) < 4.78 is 76.3. The summed E-state index contributed by atoms with van der Waals surface area (Å²) in [5, 5.41) is 0. The number of rotatable bonds is 29. The van der Waals surface area contributed by atoms with Crippen molar-refractivity contribution in [1.29, 1.82) is 0 Å². The van der Waals surface area contributed by atoms with Crippen LogP contribution in [0.2, 0.25) is 0 Å². The summed E-state index contributed by atoms with van der Waals surface area (Å²) in [7, 11) is 1.23. The lowest BCUT2D eigenvalue weighted by Crippen LogP contribution is -2.14. The fourth-order valence-electron chi connectivity index (χ4n) is 2.36. The van der Waals surface area contributed by atoms with Crippen LogP contribution >= 0.6 is 23.5 Å². The van der Waals surface area contributed by atoms with Crippen LogP contribution in [0.3, 0.4) is 0 Å². The highest BCUT2D eigenvalue weighted by Gasteiger charge is 2.03. The third-order valence-electron chi connectivity index (χ3n) is 5.98. The number of Topliss-reactive ketones (excluding diaryl/α,β-unsaturated/α-hetero) is 1. The standard InChI is InChI=1S/C6H12O4.2C6H10O4.C6H12O3S.C6H10O3.2C5H8O4.C5H10O3.C5H10O2S/c1-3-8-4-9-5-10-6(2)7;1-3-9-6(8)4-10-5(2)7;1-3-6(8)10-4-9-5(2)7;1-3-8-4-10-5-9-6(2)7;1-3-6(8)4-9-5(2)7;1-4(6)9-3-5(7)8-2;1-4(6)8-3-9-5(2)7;1-3-7-4-8-5(2)6;1-3-8-4-7-5(2)6/h3-5H2,1-2H3;2*3-4H2,1-2H3;3-5H2,1-2H3;3-4H2,1-2H3;2*3H2,1-2H3;2*3-4H2,1-2H3. The number of thioether (sulfide) groups is 2. The van der Waals surface area contributed by atoms with Crippen molar-refractivity contribution < 1.29 is 148 Å². The van der Waals surface area contributed by atoms with Gasteiger partial charge in [0.25, 0.3) is 0 Å². The van der Waals surface area contributed by atoms with Crippen LogP contribution in [0.25, 0.3) is 0 Å². The second-order valence-corrected chi connectivity index (χ2v) is 15.4. The average molecular weight is 1250 g/mol. The molecule has 0 rings (SSSR count). The number of carbonyl (C=O) groups excluding carboxylic acids is 14. The SMILES string of the molecule is CC(=O)OCOC(C)=O.CCC(=O)COC(C)=O.CCC(=O)OCOC(C)=O.CCOC(=O)COC(C)=O.CCOCOC(C)=O.CCOCOCOC(C)=O.CCOCSCOC(C)=O.CCSCOC(C)=O.COC(=O)COC(C)=O. The van der Waals surface area contributed by atoms with Crippen LogP contribution in [0.1, 0.15) is 131 Å². The maximum absolute atomic E-state index is 10.4. The van der Waals surface area contributed by atoms with Crippen molar-refractivity contribution in [3.63, 3.8) is 0 Å². The predicted molar refractivity (Wildman–Crippen MR) is 293 cm³/mol. The summed E-state index contributed by atoms with van der Waals surface area (Å²) in [5.74, 6) is -2.89. The molecule has 31 nitrogen and oxygen atoms in total. The summed E-state index contributed by atoms with van der Waals surface area (Å²) in [6, 6.07) is 0. The first-order chi connectivity index (χ1) is 38.9. The van der Waals surface area contributed by atoms with Gasteiger partial charge in [0.15, 0.2) is 39.4 Å². The molecule has 0 aliphatic carbocycles. The maximum atomic E-state index is 10.4. The zero-order valence-electron chi connectivity index (χ0n) is 51.2. The highest BCUT2D eigenvalue weighted by Crippen LogP contribution is 2.00. The lowest BCUT2D eigenvalue weighted by Gasteiger charge is -2.02. The average Bonchev–Trinajstić information content (AvgIpc) is 3.39. The third kappa shape index (κ3) is 142. The molecule has 0 atom stereocenters. The summed E-state index contributed by atoms with van der Waals surface area (Å²) in [5.41, 5.74) is 0. The van der Waals surface area contributed by atoms with Crippen molar-refractivity contribution in [1.82, 2.24) is 0 Å². The molecule has 0 aromatic rings. The van der Waals surface area contributed by atoms with Gasteiger partial charge < -0.3 is 80.5 Å². The number of hydrogen-bond acceptors (Lipinski definition) is 33. The Balaban J connectivity index is -0.000000106. The molecule has 0 aliphatic rings. The Morgan fingerprint density at radius 2 is 0.614 bits per heavy atom. The van der Waals surface area contributed by atoms with E-state index < -0.39 is 47.8 Å². The highest BCUT2D eigenvalue weighted by atomic mass is 32.2. The molecule has 0 spiro atoms. The van der Waals surface area contributed by atoms with E-state index in [0.29, 0.717) is 57.1 Å². The fraction of sp³-hybridized carbons (Fsp3) is 0.720. The van der Waals surface area contributed by atoms with Crippen LogP contribution in [0, 0.1) is 0 Å². The van der Waals surface area contributed by atoms with Crippen LogP contribution in [-0.2, 0) is 148 Å². The Bertz CT molecular complexity index is 1620. The monoisotopic (exact) mass is 1250 g/mol. The van der Waals surface area contributed by atoms with Gasteiger partial charge in [0.1, 0.15) is 18.5 Å². The molecule has 0 aromatic heterocycles. The molecule has 33 heteroatoms. The van der Waals surface area contributed by atoms with E-state index >= 15 is 0 Å². The lowest BCUT2D eigenvalue weighted by molar-refractivity contribution is -0.166. The van der Waals surface area contributed by atoms with E-state index in [9.17, 15) is 67.1 Å². The molecule has 0 amide bonds. The Morgan fingerprint density at radius 3 is 0.952 bits per heavy atom. The number of ketones is 1. The predicted octanol–water partition coefficient (Wildman–Crippen LogP) is 4.45. The van der Waals surface area contributed by atoms with Crippen molar-refractivity contribution in [3.05, 3.63) is 0 Å². The normalized spacial score (nSPS) is 8.75. The number of carbonyl (C=O) groups is 14. The van der Waals surface area contributed by atoms with E-state index in [-0.39, 0.29) is 89.4 Å². The smallest absolute Gasteiger partial charge is 0.344 e. The molecule has 0 fully saturated rings. The highest BCUT2D eigenvalue weighted by molar-refractivity contribution is 7.99. The first-order valence-corrected chi connectivity index (χ1v) is 26.9. The van der Waals surface area contributed by atoms with E-state index in [1.54, 1.807) is 32.5 Å². The van der Waals surface area contributed by atoms with E-state index in [1.807, 2.05) is 27.7 Å². The van der Waals surface area contributed by atoms with Crippen LogP contribution in [0.15, 0.2) is 0 Å². The maximum Gasteiger partial charge on any atom is 0.344 e. The molecule has 0 saturated heterocycles. The van der Waals surface area contributed by atoms with Gasteiger partial charge in [0.2, 0.25) is 13.6 Å². The summed E-state index contributed by atoms with van der Waals surface area (Å²) in [6.07, 6.45) is 0.717. The van der Waals surface area contributed by atoms with Crippen molar-refractivity contribution in [2.24, 2.45) is 0 Å². The van der Waals surface area contributed by atoms with Gasteiger partial charge in [0.05, 0.1) is 19.7 Å². The molecule has 0 heterocycles. The fourth-order valence-corrected chi connectivity index (χ4v) is 3.38. The minimum atomic E-state index is -0.551. The minimum absolute atomic E-state index is 0.0324. The molecule has 83 heavy (non-hydrogen) atoms. The van der Waals surface area contributed by atoms with Gasteiger partial charge in [-0.05, 0) is 33.4 Å². The number of hydrogen-bond donors (Lipinski definition) is 0. The van der Waals surface area contributed by atoms with Gasteiger partial charge in [-0.2, -0.15) is 0 Å². The Kier molecular flexibility index (Phi) is 91.6. The van der Waals surface area contributed by atoms with E-state index in [4.69, 9.17) is 18.9 Å². The summed E-state index contributed by atoms with van der Waals surface area (Å²) in [6.45, 7) is 26.8. The second-order valence-electron chi connectivity index (χ2n) is 13.3. The molecule has 0 aliphatic heterocycles. The van der Waals surface area contributed by atoms with Crippen LogP contribution in [0.5, 0.6) is 0 Å². The van der Waals surface area contributed by atoms with Gasteiger partial charge in [-0.1, -0.05) is 32.5 Å². The largest absolute Gasteiger partial charge is 0.466 e. The van der Waals surface area contributed by atoms with E-state index in [1.165, 1.54) is 88.1 Å². The molecule has 0 unspecified atom stereocenters. The molecule has 0 N–H and O–H groups in total. The summed E-state index contributed by atoms with van der Waals surface area (Å²) in [4.78, 5) is 142. The van der Waals surface area contributed by atoms with Gasteiger partial charge in [0, 0.05) is 102 Å². The third-order valence-corrected chi connectivity index (χ3v) is 7.29. The zero-order chi connectivity index (χ0) is 66.2. The van der Waals surface area contributed by atoms with Crippen LogP contribution in [0.4, 0.5) is 0 Å². The van der Waals surface area contributed by atoms with E-state index in [2.05, 4.69) is 61.6 Å². The lowest BCUT2D eigenvalue weighted by atomic mass is 10.3. The molecular weight excluding hydrogens is 1160 g/mol. The quantitative estimate of drug-likeness (QED) is 0.0432. The number of ether oxygens (including phenoxy) is 17.